The maximum absolute atomic E-state index is 12.0. The molecule has 6 heteroatoms. The fourth-order valence-electron chi connectivity index (χ4n) is 2.90. The van der Waals surface area contributed by atoms with Crippen molar-refractivity contribution in [1.82, 2.24) is 0 Å². The highest BCUT2D eigenvalue weighted by molar-refractivity contribution is 6.04. The second-order valence-electron chi connectivity index (χ2n) is 4.67. The molecule has 0 spiro atoms. The molecule has 0 saturated carbocycles. The zero-order valence-corrected chi connectivity index (χ0v) is 11.8. The molecule has 2 aliphatic heterocycles. The first-order chi connectivity index (χ1) is 10.1. The van der Waals surface area contributed by atoms with Crippen LogP contribution in [0, 0.1) is 0 Å². The van der Waals surface area contributed by atoms with Gasteiger partial charge in [-0.15, -0.1) is 0 Å². The van der Waals surface area contributed by atoms with Gasteiger partial charge >= 0.3 is 11.9 Å². The van der Waals surface area contributed by atoms with Gasteiger partial charge in [-0.1, -0.05) is 12.1 Å². The molecular weight excluding hydrogens is 276 g/mol. The van der Waals surface area contributed by atoms with Gasteiger partial charge in [0.25, 0.3) is 0 Å². The molecule has 0 fully saturated rings. The quantitative estimate of drug-likeness (QED) is 0.785. The number of rotatable bonds is 3. The van der Waals surface area contributed by atoms with Gasteiger partial charge in [-0.25, -0.2) is 9.59 Å². The van der Waals surface area contributed by atoms with Crippen LogP contribution in [0.4, 0.5) is 0 Å². The second-order valence-corrected chi connectivity index (χ2v) is 4.67. The van der Waals surface area contributed by atoms with Crippen molar-refractivity contribution in [3.8, 4) is 5.75 Å². The van der Waals surface area contributed by atoms with Crippen molar-refractivity contribution in [2.75, 3.05) is 21.3 Å². The molecule has 0 radical (unpaired) electrons. The summed E-state index contributed by atoms with van der Waals surface area (Å²) in [4.78, 5) is 24.0. The van der Waals surface area contributed by atoms with Crippen LogP contribution in [0.1, 0.15) is 23.3 Å². The van der Waals surface area contributed by atoms with Gasteiger partial charge in [0.2, 0.25) is 0 Å². The minimum Gasteiger partial charge on any atom is -0.496 e. The monoisotopic (exact) mass is 290 g/mol. The molecule has 21 heavy (non-hydrogen) atoms. The van der Waals surface area contributed by atoms with Gasteiger partial charge in [0.05, 0.1) is 32.5 Å². The molecule has 3 rings (SSSR count). The Hall–Kier alpha value is -2.34. The third-order valence-corrected chi connectivity index (χ3v) is 3.76. The smallest absolute Gasteiger partial charge is 0.337 e. The van der Waals surface area contributed by atoms with Gasteiger partial charge in [0, 0.05) is 5.56 Å². The molecule has 2 heterocycles. The Morgan fingerprint density at radius 2 is 1.62 bits per heavy atom. The van der Waals surface area contributed by atoms with E-state index in [1.807, 2.05) is 12.1 Å². The summed E-state index contributed by atoms with van der Waals surface area (Å²) in [7, 11) is 4.08. The van der Waals surface area contributed by atoms with Crippen molar-refractivity contribution in [2.45, 2.75) is 12.2 Å². The molecule has 0 saturated heterocycles. The predicted octanol–water partition coefficient (Wildman–Crippen LogP) is 1.46. The lowest BCUT2D eigenvalue weighted by molar-refractivity contribution is -0.139. The van der Waals surface area contributed by atoms with Crippen LogP contribution in [0.3, 0.4) is 0 Å². The highest BCUT2D eigenvalue weighted by Gasteiger charge is 2.51. The Bertz CT molecular complexity index is 660. The summed E-state index contributed by atoms with van der Waals surface area (Å²) in [6.07, 6.45) is -1.29. The van der Waals surface area contributed by atoms with Crippen LogP contribution in [0.15, 0.2) is 29.3 Å². The molecule has 2 aliphatic rings. The summed E-state index contributed by atoms with van der Waals surface area (Å²) < 4.78 is 20.7. The lowest BCUT2D eigenvalue weighted by Gasteiger charge is -2.18. The van der Waals surface area contributed by atoms with Crippen LogP contribution in [0.5, 0.6) is 5.75 Å². The molecule has 1 aromatic carbocycles. The summed E-state index contributed by atoms with van der Waals surface area (Å²) in [6, 6.07) is 5.45. The SMILES string of the molecule is COC(=O)C1=C(C(=O)OC)[C@@H]2O[C@H]1c1cccc(OC)c12. The first kappa shape index (κ1) is 13.6. The van der Waals surface area contributed by atoms with Crippen LogP contribution in [-0.4, -0.2) is 33.3 Å². The van der Waals surface area contributed by atoms with Gasteiger partial charge in [0.1, 0.15) is 18.0 Å². The minimum absolute atomic E-state index is 0.186. The number of ether oxygens (including phenoxy) is 4. The fraction of sp³-hybridized carbons (Fsp3) is 0.333. The van der Waals surface area contributed by atoms with E-state index in [0.29, 0.717) is 5.75 Å². The average Bonchev–Trinajstić information content (AvgIpc) is 3.09. The van der Waals surface area contributed by atoms with Crippen LogP contribution in [-0.2, 0) is 23.8 Å². The zero-order chi connectivity index (χ0) is 15.1. The van der Waals surface area contributed by atoms with E-state index in [9.17, 15) is 9.59 Å². The molecule has 2 atom stereocenters. The Morgan fingerprint density at radius 3 is 2.19 bits per heavy atom. The van der Waals surface area contributed by atoms with Crippen molar-refractivity contribution in [2.24, 2.45) is 0 Å². The average molecular weight is 290 g/mol. The number of hydrogen-bond donors (Lipinski definition) is 0. The number of benzene rings is 1. The molecular formula is C15H14O6. The Kier molecular flexibility index (Phi) is 3.17. The lowest BCUT2D eigenvalue weighted by atomic mass is 9.85. The number of esters is 2. The van der Waals surface area contributed by atoms with E-state index >= 15 is 0 Å². The Labute approximate surface area is 121 Å². The van der Waals surface area contributed by atoms with E-state index in [0.717, 1.165) is 11.1 Å². The van der Waals surface area contributed by atoms with Gasteiger partial charge in [-0.2, -0.15) is 0 Å². The van der Waals surface area contributed by atoms with E-state index in [1.54, 1.807) is 13.2 Å². The second kappa shape index (κ2) is 4.89. The Balaban J connectivity index is 2.19. The molecule has 6 nitrogen and oxygen atoms in total. The molecule has 2 bridgehead atoms. The lowest BCUT2D eigenvalue weighted by Crippen LogP contribution is -2.20. The maximum Gasteiger partial charge on any atom is 0.337 e. The number of methoxy groups -OCH3 is 3. The predicted molar refractivity (Wildman–Crippen MR) is 70.6 cm³/mol. The molecule has 1 aromatic rings. The third-order valence-electron chi connectivity index (χ3n) is 3.76. The van der Waals surface area contributed by atoms with Crippen molar-refractivity contribution >= 4 is 11.9 Å². The van der Waals surface area contributed by atoms with Gasteiger partial charge in [0.15, 0.2) is 0 Å². The van der Waals surface area contributed by atoms with Crippen molar-refractivity contribution in [1.29, 1.82) is 0 Å². The highest BCUT2D eigenvalue weighted by atomic mass is 16.5. The Morgan fingerprint density at radius 1 is 1.00 bits per heavy atom. The van der Waals surface area contributed by atoms with Crippen molar-refractivity contribution in [3.63, 3.8) is 0 Å². The molecule has 0 N–H and O–H groups in total. The van der Waals surface area contributed by atoms with Crippen LogP contribution in [0.25, 0.3) is 0 Å². The number of carbonyl (C=O) groups is 2. The van der Waals surface area contributed by atoms with Gasteiger partial charge < -0.3 is 18.9 Å². The summed E-state index contributed by atoms with van der Waals surface area (Å²) in [5.74, 6) is -0.568. The van der Waals surface area contributed by atoms with Crippen LogP contribution >= 0.6 is 0 Å². The number of carbonyl (C=O) groups excluding carboxylic acids is 2. The summed E-state index contributed by atoms with van der Waals surface area (Å²) in [5, 5.41) is 0. The molecule has 0 amide bonds. The highest BCUT2D eigenvalue weighted by Crippen LogP contribution is 2.56. The topological polar surface area (TPSA) is 71.1 Å². The van der Waals surface area contributed by atoms with E-state index in [2.05, 4.69) is 0 Å². The summed E-state index contributed by atoms with van der Waals surface area (Å²) >= 11 is 0. The first-order valence-electron chi connectivity index (χ1n) is 6.37. The number of hydrogen-bond acceptors (Lipinski definition) is 6. The largest absolute Gasteiger partial charge is 0.496 e. The van der Waals surface area contributed by atoms with Crippen molar-refractivity contribution in [3.05, 3.63) is 40.5 Å². The van der Waals surface area contributed by atoms with Crippen LogP contribution < -0.4 is 4.74 Å². The summed E-state index contributed by atoms with van der Waals surface area (Å²) in [5.41, 5.74) is 1.96. The zero-order valence-electron chi connectivity index (χ0n) is 11.8. The van der Waals surface area contributed by atoms with Crippen LogP contribution in [0.2, 0.25) is 0 Å². The van der Waals surface area contributed by atoms with E-state index in [1.165, 1.54) is 14.2 Å². The van der Waals surface area contributed by atoms with Crippen molar-refractivity contribution < 1.29 is 28.5 Å². The standard InChI is InChI=1S/C15H14O6/c1-18-8-6-4-5-7-9(8)13-11(15(17)20-3)10(12(7)21-13)14(16)19-2/h4-6,12-13H,1-3H3/t12-,13+/m0/s1. The van der Waals surface area contributed by atoms with E-state index < -0.39 is 24.1 Å². The normalized spacial score (nSPS) is 22.0. The molecule has 110 valence electrons. The third kappa shape index (κ3) is 1.76. The fourth-order valence-corrected chi connectivity index (χ4v) is 2.90. The minimum atomic E-state index is -0.664. The summed E-state index contributed by atoms with van der Waals surface area (Å²) in [6.45, 7) is 0. The number of fused-ring (bicyclic) bond motifs is 5. The molecule has 0 unspecified atom stereocenters. The van der Waals surface area contributed by atoms with Gasteiger partial charge in [-0.05, 0) is 11.6 Å². The van der Waals surface area contributed by atoms with E-state index in [4.69, 9.17) is 18.9 Å². The molecule has 0 aliphatic carbocycles. The first-order valence-corrected chi connectivity index (χ1v) is 6.37. The van der Waals surface area contributed by atoms with Gasteiger partial charge in [-0.3, -0.25) is 0 Å². The van der Waals surface area contributed by atoms with E-state index in [-0.39, 0.29) is 11.1 Å². The molecule has 0 aromatic heterocycles. The maximum atomic E-state index is 12.0.